The average Bonchev–Trinajstić information content (AvgIpc) is 3.30. The van der Waals surface area contributed by atoms with Gasteiger partial charge in [-0.3, -0.25) is 19.3 Å². The predicted octanol–water partition coefficient (Wildman–Crippen LogP) is 2.68. The standard InChI is InChI=1S/C26H27FN6O3/c1-31(2)25-20(26(35)29-14-21-24(27)22(36-3)11-12-28-21)17-33(30-25)16-19-9-7-18(8-10-19)15-32-13-5-4-6-23(32)34/h4-13,17H,14-16H2,1-3H3,(H,29,35). The van der Waals surface area contributed by atoms with Crippen molar-refractivity contribution < 1.29 is 13.9 Å². The number of ether oxygens (including phenoxy) is 1. The number of methoxy groups -OCH3 is 1. The van der Waals surface area contributed by atoms with E-state index >= 15 is 0 Å². The van der Waals surface area contributed by atoms with Crippen LogP contribution in [0.5, 0.6) is 5.75 Å². The molecule has 0 fully saturated rings. The first kappa shape index (κ1) is 24.6. The Bertz CT molecular complexity index is 1410. The van der Waals surface area contributed by atoms with Gasteiger partial charge in [-0.1, -0.05) is 30.3 Å². The van der Waals surface area contributed by atoms with Crippen molar-refractivity contribution in [3.8, 4) is 5.75 Å². The Hall–Kier alpha value is -4.47. The van der Waals surface area contributed by atoms with Crippen LogP contribution in [-0.2, 0) is 19.6 Å². The monoisotopic (exact) mass is 490 g/mol. The van der Waals surface area contributed by atoms with Crippen LogP contribution in [0, 0.1) is 5.82 Å². The van der Waals surface area contributed by atoms with Gasteiger partial charge in [-0.05, 0) is 17.2 Å². The lowest BCUT2D eigenvalue weighted by molar-refractivity contribution is 0.0950. The van der Waals surface area contributed by atoms with Gasteiger partial charge in [-0.25, -0.2) is 4.39 Å². The fourth-order valence-electron chi connectivity index (χ4n) is 3.71. The Morgan fingerprint density at radius 2 is 1.81 bits per heavy atom. The van der Waals surface area contributed by atoms with E-state index in [1.165, 1.54) is 25.4 Å². The van der Waals surface area contributed by atoms with Crippen LogP contribution in [0.15, 0.2) is 71.9 Å². The first-order chi connectivity index (χ1) is 17.4. The second-order valence-electron chi connectivity index (χ2n) is 8.40. The van der Waals surface area contributed by atoms with Gasteiger partial charge in [0.25, 0.3) is 11.5 Å². The molecule has 4 rings (SSSR count). The summed E-state index contributed by atoms with van der Waals surface area (Å²) in [6.45, 7) is 0.844. The number of carbonyl (C=O) groups is 1. The minimum atomic E-state index is -0.607. The Kier molecular flexibility index (Phi) is 7.43. The Morgan fingerprint density at radius 1 is 1.08 bits per heavy atom. The van der Waals surface area contributed by atoms with Crippen molar-refractivity contribution in [1.82, 2.24) is 24.6 Å². The zero-order valence-electron chi connectivity index (χ0n) is 20.3. The van der Waals surface area contributed by atoms with Crippen LogP contribution in [0.3, 0.4) is 0 Å². The normalized spacial score (nSPS) is 10.8. The van der Waals surface area contributed by atoms with Gasteiger partial charge < -0.3 is 19.5 Å². The lowest BCUT2D eigenvalue weighted by Crippen LogP contribution is -2.25. The van der Waals surface area contributed by atoms with Crippen LogP contribution in [0.1, 0.15) is 27.2 Å². The maximum atomic E-state index is 14.4. The number of halogens is 1. The number of pyridine rings is 2. The number of carbonyl (C=O) groups excluding carboxylic acids is 1. The zero-order chi connectivity index (χ0) is 25.7. The highest BCUT2D eigenvalue weighted by Gasteiger charge is 2.19. The minimum absolute atomic E-state index is 0.0509. The summed E-state index contributed by atoms with van der Waals surface area (Å²) in [6, 6.07) is 14.4. The summed E-state index contributed by atoms with van der Waals surface area (Å²) in [4.78, 5) is 30.6. The predicted molar refractivity (Wildman–Crippen MR) is 134 cm³/mol. The molecule has 0 aliphatic heterocycles. The molecule has 0 radical (unpaired) electrons. The molecule has 3 aromatic heterocycles. The fraction of sp³-hybridized carbons (Fsp3) is 0.231. The van der Waals surface area contributed by atoms with Gasteiger partial charge in [0.15, 0.2) is 17.4 Å². The second-order valence-corrected chi connectivity index (χ2v) is 8.40. The molecule has 0 atom stereocenters. The quantitative estimate of drug-likeness (QED) is 0.388. The summed E-state index contributed by atoms with van der Waals surface area (Å²) in [5.74, 6) is -0.438. The third kappa shape index (κ3) is 5.60. The van der Waals surface area contributed by atoms with Crippen molar-refractivity contribution in [3.05, 3.63) is 106 Å². The molecule has 0 aliphatic rings. The summed E-state index contributed by atoms with van der Waals surface area (Å²) in [5, 5.41) is 7.26. The molecule has 36 heavy (non-hydrogen) atoms. The number of aromatic nitrogens is 4. The second kappa shape index (κ2) is 10.9. The molecule has 1 N–H and O–H groups in total. The summed E-state index contributed by atoms with van der Waals surface area (Å²) >= 11 is 0. The molecule has 3 heterocycles. The minimum Gasteiger partial charge on any atom is -0.494 e. The number of anilines is 1. The summed E-state index contributed by atoms with van der Waals surface area (Å²) in [6.07, 6.45) is 4.85. The molecular formula is C26H27FN6O3. The summed E-state index contributed by atoms with van der Waals surface area (Å²) in [7, 11) is 4.97. The highest BCUT2D eigenvalue weighted by Crippen LogP contribution is 2.20. The lowest BCUT2D eigenvalue weighted by Gasteiger charge is -2.11. The molecule has 9 nitrogen and oxygen atoms in total. The van der Waals surface area contributed by atoms with Gasteiger partial charge >= 0.3 is 0 Å². The molecule has 4 aromatic rings. The van der Waals surface area contributed by atoms with Crippen molar-refractivity contribution in [3.63, 3.8) is 0 Å². The lowest BCUT2D eigenvalue weighted by atomic mass is 10.1. The number of benzene rings is 1. The Morgan fingerprint density at radius 3 is 2.47 bits per heavy atom. The van der Waals surface area contributed by atoms with Gasteiger partial charge in [-0.15, -0.1) is 0 Å². The number of hydrogen-bond acceptors (Lipinski definition) is 6. The molecule has 0 spiro atoms. The average molecular weight is 491 g/mol. The third-order valence-electron chi connectivity index (χ3n) is 5.59. The van der Waals surface area contributed by atoms with E-state index in [1.807, 2.05) is 30.3 Å². The Labute approximate surface area is 207 Å². The zero-order valence-corrected chi connectivity index (χ0v) is 20.3. The van der Waals surface area contributed by atoms with E-state index in [-0.39, 0.29) is 23.5 Å². The molecular weight excluding hydrogens is 463 g/mol. The largest absolute Gasteiger partial charge is 0.494 e. The van der Waals surface area contributed by atoms with Gasteiger partial charge in [0.05, 0.1) is 32.4 Å². The van der Waals surface area contributed by atoms with Crippen LogP contribution >= 0.6 is 0 Å². The van der Waals surface area contributed by atoms with Gasteiger partial charge in [0, 0.05) is 44.8 Å². The summed E-state index contributed by atoms with van der Waals surface area (Å²) < 4.78 is 22.7. The van der Waals surface area contributed by atoms with E-state index in [2.05, 4.69) is 15.4 Å². The first-order valence-electron chi connectivity index (χ1n) is 11.3. The van der Waals surface area contributed by atoms with Crippen molar-refractivity contribution in [2.75, 3.05) is 26.1 Å². The van der Waals surface area contributed by atoms with E-state index in [4.69, 9.17) is 4.74 Å². The van der Waals surface area contributed by atoms with Crippen LogP contribution < -0.4 is 20.5 Å². The summed E-state index contributed by atoms with van der Waals surface area (Å²) in [5.41, 5.74) is 2.38. The van der Waals surface area contributed by atoms with Gasteiger partial charge in [0.2, 0.25) is 0 Å². The number of amides is 1. The molecule has 1 aromatic carbocycles. The molecule has 0 unspecified atom stereocenters. The molecule has 10 heteroatoms. The SMILES string of the molecule is COc1ccnc(CNC(=O)c2cn(Cc3ccc(Cn4ccccc4=O)cc3)nc2N(C)C)c1F. The molecule has 0 aliphatic carbocycles. The highest BCUT2D eigenvalue weighted by atomic mass is 19.1. The van der Waals surface area contributed by atoms with Crippen molar-refractivity contribution in [1.29, 1.82) is 0 Å². The van der Waals surface area contributed by atoms with Crippen LogP contribution in [0.4, 0.5) is 10.2 Å². The fourth-order valence-corrected chi connectivity index (χ4v) is 3.71. The first-order valence-corrected chi connectivity index (χ1v) is 11.3. The van der Waals surface area contributed by atoms with Crippen molar-refractivity contribution in [2.24, 2.45) is 0 Å². The van der Waals surface area contributed by atoms with E-state index in [0.29, 0.717) is 24.5 Å². The topological polar surface area (TPSA) is 94.3 Å². The van der Waals surface area contributed by atoms with Crippen LogP contribution in [0.2, 0.25) is 0 Å². The molecule has 1 amide bonds. The number of nitrogens with one attached hydrogen (secondary N) is 1. The van der Waals surface area contributed by atoms with E-state index in [9.17, 15) is 14.0 Å². The smallest absolute Gasteiger partial charge is 0.256 e. The van der Waals surface area contributed by atoms with Crippen LogP contribution in [-0.4, -0.2) is 46.4 Å². The van der Waals surface area contributed by atoms with Gasteiger partial charge in [0.1, 0.15) is 5.56 Å². The van der Waals surface area contributed by atoms with Crippen LogP contribution in [0.25, 0.3) is 0 Å². The maximum Gasteiger partial charge on any atom is 0.256 e. The Balaban J connectivity index is 1.46. The van der Waals surface area contributed by atoms with E-state index in [1.54, 1.807) is 46.7 Å². The molecule has 0 bridgehead atoms. The third-order valence-corrected chi connectivity index (χ3v) is 5.59. The maximum absolute atomic E-state index is 14.4. The molecule has 186 valence electrons. The molecule has 0 saturated heterocycles. The number of rotatable bonds is 9. The van der Waals surface area contributed by atoms with Gasteiger partial charge in [-0.2, -0.15) is 5.10 Å². The van der Waals surface area contributed by atoms with E-state index < -0.39 is 11.7 Å². The van der Waals surface area contributed by atoms with E-state index in [0.717, 1.165) is 11.1 Å². The van der Waals surface area contributed by atoms with Crippen molar-refractivity contribution >= 4 is 11.7 Å². The van der Waals surface area contributed by atoms with Crippen molar-refractivity contribution in [2.45, 2.75) is 19.6 Å². The highest BCUT2D eigenvalue weighted by molar-refractivity contribution is 5.98. The molecule has 0 saturated carbocycles. The number of hydrogen-bond donors (Lipinski definition) is 1. The number of nitrogens with zero attached hydrogens (tertiary/aromatic N) is 5.